The molecule has 0 aliphatic carbocycles. The van der Waals surface area contributed by atoms with E-state index in [-0.39, 0.29) is 6.03 Å². The molecule has 0 aliphatic heterocycles. The van der Waals surface area contributed by atoms with Crippen molar-refractivity contribution in [2.45, 2.75) is 0 Å². The monoisotopic (exact) mass is 394 g/mol. The number of methoxy groups -OCH3 is 2. The van der Waals surface area contributed by atoms with E-state index in [0.717, 1.165) is 10.2 Å². The molecule has 2 rings (SSSR count). The predicted molar refractivity (Wildman–Crippen MR) is 96.2 cm³/mol. The minimum Gasteiger partial charge on any atom is -0.497 e. The van der Waals surface area contributed by atoms with Gasteiger partial charge in [-0.05, 0) is 36.4 Å². The second-order valence-electron chi connectivity index (χ2n) is 4.75. The van der Waals surface area contributed by atoms with E-state index in [4.69, 9.17) is 14.2 Å². The van der Waals surface area contributed by atoms with Crippen LogP contribution in [0.1, 0.15) is 0 Å². The summed E-state index contributed by atoms with van der Waals surface area (Å²) >= 11 is 3.36. The minimum atomic E-state index is -0.346. The molecule has 0 saturated carbocycles. The van der Waals surface area contributed by atoms with Gasteiger partial charge in [0.05, 0.1) is 26.5 Å². The highest BCUT2D eigenvalue weighted by molar-refractivity contribution is 9.10. The number of ether oxygens (including phenoxy) is 3. The molecule has 0 bridgehead atoms. The van der Waals surface area contributed by atoms with Crippen LogP contribution < -0.4 is 24.8 Å². The van der Waals surface area contributed by atoms with E-state index in [9.17, 15) is 4.79 Å². The first-order valence-electron chi connectivity index (χ1n) is 7.27. The van der Waals surface area contributed by atoms with Gasteiger partial charge in [-0.25, -0.2) is 4.79 Å². The summed E-state index contributed by atoms with van der Waals surface area (Å²) in [6, 6.07) is 12.3. The lowest BCUT2D eigenvalue weighted by atomic mass is 10.2. The summed E-state index contributed by atoms with van der Waals surface area (Å²) in [4.78, 5) is 12.0. The van der Waals surface area contributed by atoms with Crippen molar-refractivity contribution < 1.29 is 19.0 Å². The molecule has 6 nitrogen and oxygen atoms in total. The van der Waals surface area contributed by atoms with Crippen LogP contribution in [0.2, 0.25) is 0 Å². The smallest absolute Gasteiger partial charge is 0.319 e. The summed E-state index contributed by atoms with van der Waals surface area (Å²) in [6.07, 6.45) is 0. The summed E-state index contributed by atoms with van der Waals surface area (Å²) in [7, 11) is 3.10. The molecular weight excluding hydrogens is 376 g/mol. The average Bonchev–Trinajstić information content (AvgIpc) is 2.60. The molecular formula is C17H19BrN2O4. The van der Waals surface area contributed by atoms with Gasteiger partial charge < -0.3 is 24.8 Å². The Bertz CT molecular complexity index is 677. The summed E-state index contributed by atoms with van der Waals surface area (Å²) in [5, 5.41) is 5.45. The van der Waals surface area contributed by atoms with Crippen molar-refractivity contribution in [2.24, 2.45) is 0 Å². The van der Waals surface area contributed by atoms with Gasteiger partial charge in [0.15, 0.2) is 0 Å². The molecule has 0 radical (unpaired) electrons. The average molecular weight is 395 g/mol. The zero-order valence-electron chi connectivity index (χ0n) is 13.5. The van der Waals surface area contributed by atoms with Crippen LogP contribution in [0.25, 0.3) is 0 Å². The van der Waals surface area contributed by atoms with Crippen molar-refractivity contribution in [3.8, 4) is 17.2 Å². The Morgan fingerprint density at radius 2 is 1.75 bits per heavy atom. The number of hydrogen-bond donors (Lipinski definition) is 2. The minimum absolute atomic E-state index is 0.346. The summed E-state index contributed by atoms with van der Waals surface area (Å²) < 4.78 is 16.9. The third kappa shape index (κ3) is 5.34. The number of nitrogens with one attached hydrogen (secondary N) is 2. The normalized spacial score (nSPS) is 9.96. The number of amides is 2. The lowest BCUT2D eigenvalue weighted by molar-refractivity contribution is 0.247. The molecule has 2 amide bonds. The maximum atomic E-state index is 12.0. The van der Waals surface area contributed by atoms with Crippen LogP contribution in [-0.2, 0) is 0 Å². The van der Waals surface area contributed by atoms with Crippen LogP contribution in [-0.4, -0.2) is 33.4 Å². The summed E-state index contributed by atoms with van der Waals surface area (Å²) in [5.41, 5.74) is 0.531. The van der Waals surface area contributed by atoms with Crippen LogP contribution in [0, 0.1) is 0 Å². The molecule has 7 heteroatoms. The first-order chi connectivity index (χ1) is 11.6. The molecule has 0 aromatic heterocycles. The molecule has 0 atom stereocenters. The number of carbonyl (C=O) groups is 1. The van der Waals surface area contributed by atoms with Gasteiger partial charge in [0.25, 0.3) is 0 Å². The highest BCUT2D eigenvalue weighted by atomic mass is 79.9. The highest BCUT2D eigenvalue weighted by Crippen LogP contribution is 2.28. The van der Waals surface area contributed by atoms with Crippen LogP contribution in [0.15, 0.2) is 46.9 Å². The van der Waals surface area contributed by atoms with Gasteiger partial charge >= 0.3 is 6.03 Å². The Balaban J connectivity index is 1.80. The third-order valence-electron chi connectivity index (χ3n) is 3.12. The van der Waals surface area contributed by atoms with Crippen molar-refractivity contribution in [2.75, 3.05) is 32.7 Å². The van der Waals surface area contributed by atoms with Gasteiger partial charge in [-0.3, -0.25) is 0 Å². The van der Waals surface area contributed by atoms with Crippen molar-refractivity contribution in [1.29, 1.82) is 0 Å². The summed E-state index contributed by atoms with van der Waals surface area (Å²) in [6.45, 7) is 0.735. The fourth-order valence-electron chi connectivity index (χ4n) is 1.94. The SMILES string of the molecule is COc1ccc(OC)c(NC(=O)NCCOc2ccc(Br)cc2)c1. The van der Waals surface area contributed by atoms with E-state index >= 15 is 0 Å². The molecule has 0 heterocycles. The van der Waals surface area contributed by atoms with Gasteiger partial charge in [0.1, 0.15) is 23.9 Å². The van der Waals surface area contributed by atoms with Gasteiger partial charge in [0, 0.05) is 10.5 Å². The number of urea groups is 1. The van der Waals surface area contributed by atoms with Crippen molar-refractivity contribution >= 4 is 27.6 Å². The first kappa shape index (κ1) is 17.9. The molecule has 0 unspecified atom stereocenters. The lowest BCUT2D eigenvalue weighted by Gasteiger charge is -2.13. The molecule has 24 heavy (non-hydrogen) atoms. The van der Waals surface area contributed by atoms with E-state index in [1.165, 1.54) is 7.11 Å². The zero-order chi connectivity index (χ0) is 17.4. The van der Waals surface area contributed by atoms with Gasteiger partial charge in [-0.2, -0.15) is 0 Å². The Labute approximate surface area is 149 Å². The molecule has 2 aromatic carbocycles. The summed E-state index contributed by atoms with van der Waals surface area (Å²) in [5.74, 6) is 1.93. The highest BCUT2D eigenvalue weighted by Gasteiger charge is 2.08. The van der Waals surface area contributed by atoms with Gasteiger partial charge in [0.2, 0.25) is 0 Å². The van der Waals surface area contributed by atoms with Crippen LogP contribution in [0.4, 0.5) is 10.5 Å². The number of halogens is 1. The lowest BCUT2D eigenvalue weighted by Crippen LogP contribution is -2.32. The fourth-order valence-corrected chi connectivity index (χ4v) is 2.21. The standard InChI is InChI=1S/C17H19BrN2O4/c1-22-14-7-8-16(23-2)15(11-14)20-17(21)19-9-10-24-13-5-3-12(18)4-6-13/h3-8,11H,9-10H2,1-2H3,(H2,19,20,21). The second kappa shape index (κ2) is 9.02. The van der Waals surface area contributed by atoms with E-state index in [0.29, 0.717) is 30.3 Å². The topological polar surface area (TPSA) is 68.8 Å². The maximum Gasteiger partial charge on any atom is 0.319 e. The number of carbonyl (C=O) groups excluding carboxylic acids is 1. The van der Waals surface area contributed by atoms with E-state index in [1.54, 1.807) is 25.3 Å². The Kier molecular flexibility index (Phi) is 6.74. The van der Waals surface area contributed by atoms with Crippen molar-refractivity contribution in [3.05, 3.63) is 46.9 Å². The number of hydrogen-bond acceptors (Lipinski definition) is 4. The Morgan fingerprint density at radius 1 is 1.04 bits per heavy atom. The Morgan fingerprint density at radius 3 is 2.42 bits per heavy atom. The second-order valence-corrected chi connectivity index (χ2v) is 5.67. The third-order valence-corrected chi connectivity index (χ3v) is 3.65. The van der Waals surface area contributed by atoms with E-state index in [2.05, 4.69) is 26.6 Å². The number of rotatable bonds is 7. The van der Waals surface area contributed by atoms with E-state index < -0.39 is 0 Å². The molecule has 2 aromatic rings. The van der Waals surface area contributed by atoms with Gasteiger partial charge in [-0.1, -0.05) is 15.9 Å². The number of anilines is 1. The zero-order valence-corrected chi connectivity index (χ0v) is 15.1. The quantitative estimate of drug-likeness (QED) is 0.702. The van der Waals surface area contributed by atoms with Crippen molar-refractivity contribution in [1.82, 2.24) is 5.32 Å². The van der Waals surface area contributed by atoms with E-state index in [1.807, 2.05) is 24.3 Å². The maximum absolute atomic E-state index is 12.0. The Hall–Kier alpha value is -2.41. The molecule has 128 valence electrons. The fraction of sp³-hybridized carbons (Fsp3) is 0.235. The molecule has 0 fully saturated rings. The van der Waals surface area contributed by atoms with Crippen molar-refractivity contribution in [3.63, 3.8) is 0 Å². The predicted octanol–water partition coefficient (Wildman–Crippen LogP) is 3.67. The van der Waals surface area contributed by atoms with Crippen LogP contribution >= 0.6 is 15.9 Å². The van der Waals surface area contributed by atoms with Crippen LogP contribution in [0.3, 0.4) is 0 Å². The molecule has 2 N–H and O–H groups in total. The number of benzene rings is 2. The first-order valence-corrected chi connectivity index (χ1v) is 8.07. The molecule has 0 spiro atoms. The van der Waals surface area contributed by atoms with Gasteiger partial charge in [-0.15, -0.1) is 0 Å². The van der Waals surface area contributed by atoms with Crippen LogP contribution in [0.5, 0.6) is 17.2 Å². The molecule has 0 saturated heterocycles. The largest absolute Gasteiger partial charge is 0.497 e. The molecule has 0 aliphatic rings.